The van der Waals surface area contributed by atoms with Gasteiger partial charge in [-0.15, -0.1) is 17.8 Å². The van der Waals surface area contributed by atoms with Crippen LogP contribution in [0.4, 0.5) is 22.4 Å². The minimum Gasteiger partial charge on any atom is -0.421 e. The number of hydrogen-bond acceptors (Lipinski definition) is 4. The van der Waals surface area contributed by atoms with Gasteiger partial charge in [-0.2, -0.15) is 22.6 Å². The topological polar surface area (TPSA) is 56.1 Å². The molecule has 0 N–H and O–H groups in total. The number of carbonyl (C=O) groups is 1. The second kappa shape index (κ2) is 8.87. The Labute approximate surface area is 195 Å². The van der Waals surface area contributed by atoms with Crippen LogP contribution in [0.2, 0.25) is 0 Å². The van der Waals surface area contributed by atoms with E-state index >= 15 is 0 Å². The van der Waals surface area contributed by atoms with E-state index in [1.165, 1.54) is 26.9 Å². The molecule has 34 heavy (non-hydrogen) atoms. The molecular formula is C23H17F4N3O3S. The molecule has 0 saturated heterocycles. The molecule has 0 bridgehead atoms. The number of ether oxygens (including phenoxy) is 2. The highest BCUT2D eigenvalue weighted by Crippen LogP contribution is 2.47. The van der Waals surface area contributed by atoms with Crippen LogP contribution in [-0.4, -0.2) is 34.3 Å². The van der Waals surface area contributed by atoms with Crippen molar-refractivity contribution >= 4 is 17.4 Å². The lowest BCUT2D eigenvalue weighted by Gasteiger charge is -2.31. The molecule has 0 aliphatic carbocycles. The average Bonchev–Trinajstić information content (AvgIpc) is 3.14. The molecule has 11 heteroatoms. The number of halogens is 4. The van der Waals surface area contributed by atoms with Gasteiger partial charge in [0.15, 0.2) is 16.3 Å². The van der Waals surface area contributed by atoms with Crippen molar-refractivity contribution in [2.75, 3.05) is 6.54 Å². The van der Waals surface area contributed by atoms with Crippen LogP contribution in [0.3, 0.4) is 0 Å². The van der Waals surface area contributed by atoms with Crippen LogP contribution in [0.1, 0.15) is 10.4 Å². The summed E-state index contributed by atoms with van der Waals surface area (Å²) in [6.45, 7) is 2.03. The first kappa shape index (κ1) is 23.4. The van der Waals surface area contributed by atoms with Crippen LogP contribution in [0.15, 0.2) is 59.7 Å². The minimum atomic E-state index is -4.84. The Morgan fingerprint density at radius 1 is 1.12 bits per heavy atom. The molecule has 0 atom stereocenters. The lowest BCUT2D eigenvalue weighted by Crippen LogP contribution is -2.52. The van der Waals surface area contributed by atoms with Crippen molar-refractivity contribution in [3.05, 3.63) is 70.0 Å². The average molecular weight is 491 g/mol. The van der Waals surface area contributed by atoms with Crippen LogP contribution in [0, 0.1) is 19.3 Å². The van der Waals surface area contributed by atoms with Gasteiger partial charge >= 0.3 is 18.2 Å². The van der Waals surface area contributed by atoms with Crippen molar-refractivity contribution in [3.63, 3.8) is 0 Å². The van der Waals surface area contributed by atoms with E-state index in [2.05, 4.69) is 20.4 Å². The van der Waals surface area contributed by atoms with Crippen LogP contribution < -0.4 is 14.3 Å². The maximum Gasteiger partial charge on any atom is 0.507 e. The molecule has 1 aliphatic rings. The maximum absolute atomic E-state index is 13.6. The van der Waals surface area contributed by atoms with Crippen molar-refractivity contribution in [3.8, 4) is 29.5 Å². The molecule has 1 aromatic heterocycles. The van der Waals surface area contributed by atoms with Gasteiger partial charge in [0.25, 0.3) is 0 Å². The molecule has 0 saturated carbocycles. The third-order valence-corrected chi connectivity index (χ3v) is 5.65. The van der Waals surface area contributed by atoms with E-state index in [4.69, 9.17) is 6.42 Å². The summed E-state index contributed by atoms with van der Waals surface area (Å²) in [6.07, 6.45) is -2.61. The highest BCUT2D eigenvalue weighted by molar-refractivity contribution is 7.09. The predicted octanol–water partition coefficient (Wildman–Crippen LogP) is 4.96. The summed E-state index contributed by atoms with van der Waals surface area (Å²) >= 11 is 1.17. The lowest BCUT2D eigenvalue weighted by atomic mass is 10.2. The van der Waals surface area contributed by atoms with Crippen molar-refractivity contribution in [1.82, 2.24) is 9.47 Å². The quantitative estimate of drug-likeness (QED) is 0.383. The fraction of sp³-hybridized carbons (Fsp3) is 0.217. The van der Waals surface area contributed by atoms with Gasteiger partial charge in [0.05, 0.1) is 12.2 Å². The number of hydrogen-bond donors (Lipinski definition) is 0. The number of thiazole rings is 1. The van der Waals surface area contributed by atoms with E-state index in [9.17, 15) is 22.4 Å². The van der Waals surface area contributed by atoms with Crippen molar-refractivity contribution in [1.29, 1.82) is 0 Å². The Morgan fingerprint density at radius 3 is 2.47 bits per heavy atom. The summed E-state index contributed by atoms with van der Waals surface area (Å²) in [4.78, 5) is 19.4. The Balaban J connectivity index is 1.68. The van der Waals surface area contributed by atoms with E-state index in [1.54, 1.807) is 13.1 Å². The third-order valence-electron chi connectivity index (χ3n) is 4.75. The van der Waals surface area contributed by atoms with Gasteiger partial charge in [-0.3, -0.25) is 4.57 Å². The number of fused-ring (bicyclic) bond motifs is 1. The summed E-state index contributed by atoms with van der Waals surface area (Å²) in [5.74, 6) is 1.33. The smallest absolute Gasteiger partial charge is 0.421 e. The van der Waals surface area contributed by atoms with E-state index in [-0.39, 0.29) is 23.6 Å². The van der Waals surface area contributed by atoms with Crippen molar-refractivity contribution < 1.29 is 31.8 Å². The zero-order chi connectivity index (χ0) is 24.5. The minimum absolute atomic E-state index is 0.0227. The summed E-state index contributed by atoms with van der Waals surface area (Å²) in [5, 5.41) is 0. The number of carbonyl (C=O) groups excluding carboxylic acids is 1. The molecule has 2 amide bonds. The first-order valence-corrected chi connectivity index (χ1v) is 10.7. The van der Waals surface area contributed by atoms with E-state index < -0.39 is 29.7 Å². The van der Waals surface area contributed by atoms with Gasteiger partial charge in [-0.1, -0.05) is 36.3 Å². The highest BCUT2D eigenvalue weighted by atomic mass is 32.1. The van der Waals surface area contributed by atoms with Crippen LogP contribution in [0.25, 0.3) is 5.69 Å². The number of amides is 2. The van der Waals surface area contributed by atoms with Gasteiger partial charge in [0.1, 0.15) is 0 Å². The normalized spacial score (nSPS) is 16.1. The molecule has 0 radical (unpaired) electrons. The van der Waals surface area contributed by atoms with Crippen LogP contribution in [0.5, 0.6) is 11.5 Å². The first-order chi connectivity index (χ1) is 16.1. The van der Waals surface area contributed by atoms with Crippen LogP contribution >= 0.6 is 11.3 Å². The third kappa shape index (κ3) is 4.63. The van der Waals surface area contributed by atoms with E-state index in [0.29, 0.717) is 0 Å². The zero-order valence-electron chi connectivity index (χ0n) is 17.7. The first-order valence-electron chi connectivity index (χ1n) is 9.88. The predicted molar refractivity (Wildman–Crippen MR) is 116 cm³/mol. The highest BCUT2D eigenvalue weighted by Gasteiger charge is 2.65. The molecule has 176 valence electrons. The number of terminal acetylenes is 1. The standard InChI is InChI=1S/C23H17F4N3O3S/c1-3-11-29(14-16-7-5-4-6-8-16)20(31)28-21-30(13-15(2)34-21)17-9-10-18-19(12-17)33-23(26,27)22(24,25)32-18/h1,4-10,12-13H,11,14H2,2H3/b28-21-. The molecule has 0 fully saturated rings. The Morgan fingerprint density at radius 2 is 1.79 bits per heavy atom. The fourth-order valence-corrected chi connectivity index (χ4v) is 4.01. The van der Waals surface area contributed by atoms with E-state index in [0.717, 1.165) is 22.6 Å². The number of rotatable bonds is 4. The summed E-state index contributed by atoms with van der Waals surface area (Å²) in [6, 6.07) is 12.2. The zero-order valence-corrected chi connectivity index (χ0v) is 18.5. The number of aromatic nitrogens is 1. The molecule has 2 aromatic carbocycles. The molecule has 0 unspecified atom stereocenters. The van der Waals surface area contributed by atoms with Crippen LogP contribution in [-0.2, 0) is 6.54 Å². The Bertz CT molecular complexity index is 1330. The SMILES string of the molecule is C#CCN(Cc1ccccc1)C(=O)/N=c1\sc(C)cn1-c1ccc2c(c1)OC(F)(F)C(F)(F)O2. The second-order valence-corrected chi connectivity index (χ2v) is 8.52. The lowest BCUT2D eigenvalue weighted by molar-refractivity contribution is -0.391. The Kier molecular flexibility index (Phi) is 6.10. The molecule has 2 heterocycles. The summed E-state index contributed by atoms with van der Waals surface area (Å²) in [5.41, 5.74) is 1.12. The number of benzene rings is 2. The fourth-order valence-electron chi connectivity index (χ4n) is 3.18. The Hall–Kier alpha value is -3.78. The molecule has 1 aliphatic heterocycles. The van der Waals surface area contributed by atoms with Crippen molar-refractivity contribution in [2.45, 2.75) is 25.7 Å². The second-order valence-electron chi connectivity index (χ2n) is 7.30. The molecule has 0 spiro atoms. The molecular weight excluding hydrogens is 474 g/mol. The molecule has 6 nitrogen and oxygen atoms in total. The number of urea groups is 1. The number of alkyl halides is 4. The maximum atomic E-state index is 13.6. The number of nitrogens with zero attached hydrogens (tertiary/aromatic N) is 3. The number of aryl methyl sites for hydroxylation is 1. The van der Waals surface area contributed by atoms with Crippen molar-refractivity contribution in [2.24, 2.45) is 4.99 Å². The van der Waals surface area contributed by atoms with Gasteiger partial charge in [-0.25, -0.2) is 4.79 Å². The van der Waals surface area contributed by atoms with Gasteiger partial charge < -0.3 is 14.4 Å². The largest absolute Gasteiger partial charge is 0.507 e. The molecule has 3 aromatic rings. The van der Waals surface area contributed by atoms with Gasteiger partial charge in [-0.05, 0) is 24.6 Å². The monoisotopic (exact) mass is 491 g/mol. The summed E-state index contributed by atoms with van der Waals surface area (Å²) in [7, 11) is 0. The van der Waals surface area contributed by atoms with Gasteiger partial charge in [0, 0.05) is 23.7 Å². The summed E-state index contributed by atoms with van der Waals surface area (Å²) < 4.78 is 63.8. The van der Waals surface area contributed by atoms with E-state index in [1.807, 2.05) is 30.3 Å². The van der Waals surface area contributed by atoms with Gasteiger partial charge in [0.2, 0.25) is 0 Å². The molecule has 4 rings (SSSR count).